The third-order valence-electron chi connectivity index (χ3n) is 4.67. The van der Waals surface area contributed by atoms with E-state index in [0.29, 0.717) is 18.7 Å². The highest BCUT2D eigenvalue weighted by Gasteiger charge is 2.27. The van der Waals surface area contributed by atoms with Crippen LogP contribution in [0.1, 0.15) is 23.0 Å². The smallest absolute Gasteiger partial charge is 0.374 e. The molecule has 1 aliphatic heterocycles. The van der Waals surface area contributed by atoms with Crippen molar-refractivity contribution in [3.8, 4) is 5.75 Å². The molecule has 2 heterocycles. The number of esters is 1. The van der Waals surface area contributed by atoms with Gasteiger partial charge in [0.2, 0.25) is 5.76 Å². The molecule has 3 aromatic rings. The normalized spacial score (nSPS) is 15.2. The molecule has 0 radical (unpaired) electrons. The maximum Gasteiger partial charge on any atom is 0.374 e. The van der Waals surface area contributed by atoms with Crippen molar-refractivity contribution in [3.05, 3.63) is 59.9 Å². The van der Waals surface area contributed by atoms with Crippen LogP contribution in [0.2, 0.25) is 0 Å². The molecule has 0 N–H and O–H groups in total. The predicted octanol–water partition coefficient (Wildman–Crippen LogP) is 4.85. The minimum absolute atomic E-state index is 0.272. The minimum Gasteiger partial charge on any atom is -0.497 e. The van der Waals surface area contributed by atoms with Gasteiger partial charge in [-0.15, -0.1) is 0 Å². The molecule has 0 aliphatic carbocycles. The summed E-state index contributed by atoms with van der Waals surface area (Å²) >= 11 is 1.70. The first kappa shape index (κ1) is 19.4. The number of fused-ring (bicyclic) bond motifs is 1. The van der Waals surface area contributed by atoms with E-state index >= 15 is 0 Å². The maximum absolute atomic E-state index is 12.5. The van der Waals surface area contributed by atoms with Gasteiger partial charge in [0.1, 0.15) is 11.3 Å². The van der Waals surface area contributed by atoms with Crippen LogP contribution in [0.25, 0.3) is 11.0 Å². The molecule has 29 heavy (non-hydrogen) atoms. The molecule has 4 rings (SSSR count). The van der Waals surface area contributed by atoms with E-state index in [1.807, 2.05) is 48.5 Å². The number of carbonyl (C=O) groups excluding carboxylic acids is 1. The third kappa shape index (κ3) is 4.10. The zero-order valence-electron chi connectivity index (χ0n) is 16.4. The molecule has 1 saturated heterocycles. The summed E-state index contributed by atoms with van der Waals surface area (Å²) in [7, 11) is 1.64. The van der Waals surface area contributed by atoms with Crippen molar-refractivity contribution in [2.45, 2.75) is 13.5 Å². The van der Waals surface area contributed by atoms with Crippen LogP contribution in [0.5, 0.6) is 5.75 Å². The fourth-order valence-electron chi connectivity index (χ4n) is 3.26. The molecule has 1 aromatic heterocycles. The number of furan rings is 1. The summed E-state index contributed by atoms with van der Waals surface area (Å²) in [6, 6.07) is 15.3. The number of rotatable bonds is 6. The number of para-hydroxylation sites is 1. The average molecular weight is 410 g/mol. The van der Waals surface area contributed by atoms with Gasteiger partial charge in [-0.3, -0.25) is 0 Å². The van der Waals surface area contributed by atoms with E-state index in [4.69, 9.17) is 18.9 Å². The summed E-state index contributed by atoms with van der Waals surface area (Å²) in [5.74, 6) is 1.58. The predicted molar refractivity (Wildman–Crippen MR) is 115 cm³/mol. The van der Waals surface area contributed by atoms with Crippen molar-refractivity contribution in [2.75, 3.05) is 26.0 Å². The molecule has 0 saturated carbocycles. The Morgan fingerprint density at radius 2 is 2.00 bits per heavy atom. The van der Waals surface area contributed by atoms with E-state index in [0.717, 1.165) is 39.9 Å². The number of benzene rings is 2. The standard InChI is InChI=1S/C22H22N2O4S/c1-3-27-21(25)20-18(17-6-4-5-7-19(17)28-20)14-24-12-13-29-22(24)23-15-8-10-16(26-2)11-9-15/h4-11H,3,12-14H2,1-2H3. The quantitative estimate of drug-likeness (QED) is 0.541. The molecular weight excluding hydrogens is 388 g/mol. The SMILES string of the molecule is CCOC(=O)c1oc2ccccc2c1CN1CCSC1=Nc1ccc(OC)cc1. The number of nitrogens with zero attached hydrogens (tertiary/aromatic N) is 2. The van der Waals surface area contributed by atoms with Gasteiger partial charge in [-0.05, 0) is 37.3 Å². The van der Waals surface area contributed by atoms with Gasteiger partial charge in [-0.25, -0.2) is 9.79 Å². The van der Waals surface area contributed by atoms with Crippen LogP contribution in [0.3, 0.4) is 0 Å². The second kappa shape index (κ2) is 8.61. The summed E-state index contributed by atoms with van der Waals surface area (Å²) in [6.45, 7) is 3.48. The number of ether oxygens (including phenoxy) is 2. The van der Waals surface area contributed by atoms with E-state index in [9.17, 15) is 4.79 Å². The second-order valence-corrected chi connectivity index (χ2v) is 7.55. The Kier molecular flexibility index (Phi) is 5.76. The van der Waals surface area contributed by atoms with Crippen LogP contribution in [0.4, 0.5) is 5.69 Å². The van der Waals surface area contributed by atoms with Crippen molar-refractivity contribution in [1.82, 2.24) is 4.90 Å². The molecule has 0 spiro atoms. The summed E-state index contributed by atoms with van der Waals surface area (Å²) in [4.78, 5) is 19.4. The molecule has 0 unspecified atom stereocenters. The molecule has 0 bridgehead atoms. The Morgan fingerprint density at radius 1 is 1.21 bits per heavy atom. The molecule has 0 amide bonds. The van der Waals surface area contributed by atoms with Gasteiger partial charge in [-0.1, -0.05) is 30.0 Å². The van der Waals surface area contributed by atoms with Crippen LogP contribution in [-0.4, -0.2) is 42.1 Å². The third-order valence-corrected chi connectivity index (χ3v) is 5.66. The highest BCUT2D eigenvalue weighted by Crippen LogP contribution is 2.31. The fraction of sp³-hybridized carbons (Fsp3) is 0.273. The molecule has 1 aliphatic rings. The highest BCUT2D eigenvalue weighted by atomic mass is 32.2. The highest BCUT2D eigenvalue weighted by molar-refractivity contribution is 8.14. The van der Waals surface area contributed by atoms with Crippen LogP contribution >= 0.6 is 11.8 Å². The van der Waals surface area contributed by atoms with Crippen molar-refractivity contribution >= 4 is 39.6 Å². The van der Waals surface area contributed by atoms with Gasteiger partial charge in [0.15, 0.2) is 5.17 Å². The van der Waals surface area contributed by atoms with Gasteiger partial charge in [0, 0.05) is 29.8 Å². The Balaban J connectivity index is 1.65. The Morgan fingerprint density at radius 3 is 2.76 bits per heavy atom. The first-order valence-electron chi connectivity index (χ1n) is 9.47. The largest absolute Gasteiger partial charge is 0.497 e. The number of methoxy groups -OCH3 is 1. The Bertz CT molecular complexity index is 1040. The zero-order chi connectivity index (χ0) is 20.2. The molecule has 2 aromatic carbocycles. The van der Waals surface area contributed by atoms with Crippen LogP contribution in [0.15, 0.2) is 57.9 Å². The van der Waals surface area contributed by atoms with Crippen molar-refractivity contribution in [1.29, 1.82) is 0 Å². The lowest BCUT2D eigenvalue weighted by molar-refractivity contribution is 0.0490. The molecule has 1 fully saturated rings. The zero-order valence-corrected chi connectivity index (χ0v) is 17.2. The maximum atomic E-state index is 12.5. The van der Waals surface area contributed by atoms with E-state index in [-0.39, 0.29) is 5.76 Å². The topological polar surface area (TPSA) is 64.3 Å². The number of aliphatic imine (C=N–C) groups is 1. The number of carbonyl (C=O) groups is 1. The molecule has 150 valence electrons. The number of amidine groups is 1. The molecule has 7 heteroatoms. The molecular formula is C22H22N2O4S. The van der Waals surface area contributed by atoms with Gasteiger partial charge >= 0.3 is 5.97 Å². The lowest BCUT2D eigenvalue weighted by atomic mass is 10.1. The molecule has 0 atom stereocenters. The van der Waals surface area contributed by atoms with E-state index in [1.165, 1.54) is 0 Å². The lowest BCUT2D eigenvalue weighted by Gasteiger charge is -2.18. The number of hydrogen-bond acceptors (Lipinski definition) is 6. The summed E-state index contributed by atoms with van der Waals surface area (Å²) in [5, 5.41) is 1.85. The van der Waals surface area contributed by atoms with Gasteiger partial charge in [0.05, 0.1) is 19.4 Å². The van der Waals surface area contributed by atoms with Gasteiger partial charge in [0.25, 0.3) is 0 Å². The number of hydrogen-bond donors (Lipinski definition) is 0. The average Bonchev–Trinajstić information content (AvgIpc) is 3.34. The van der Waals surface area contributed by atoms with E-state index < -0.39 is 5.97 Å². The Hall–Kier alpha value is -2.93. The first-order chi connectivity index (χ1) is 14.2. The van der Waals surface area contributed by atoms with Crippen LogP contribution in [0, 0.1) is 0 Å². The van der Waals surface area contributed by atoms with Gasteiger partial charge < -0.3 is 18.8 Å². The summed E-state index contributed by atoms with van der Waals surface area (Å²) in [5.41, 5.74) is 2.39. The van der Waals surface area contributed by atoms with Crippen molar-refractivity contribution < 1.29 is 18.7 Å². The second-order valence-electron chi connectivity index (χ2n) is 6.49. The monoisotopic (exact) mass is 410 g/mol. The van der Waals surface area contributed by atoms with E-state index in [1.54, 1.807) is 25.8 Å². The summed E-state index contributed by atoms with van der Waals surface area (Å²) in [6.07, 6.45) is 0. The van der Waals surface area contributed by atoms with E-state index in [2.05, 4.69) is 4.90 Å². The minimum atomic E-state index is -0.431. The van der Waals surface area contributed by atoms with Gasteiger partial charge in [-0.2, -0.15) is 0 Å². The first-order valence-corrected chi connectivity index (χ1v) is 10.5. The molecule has 6 nitrogen and oxygen atoms in total. The fourth-order valence-corrected chi connectivity index (χ4v) is 4.26. The summed E-state index contributed by atoms with van der Waals surface area (Å²) < 4.78 is 16.3. The lowest BCUT2D eigenvalue weighted by Crippen LogP contribution is -2.24. The van der Waals surface area contributed by atoms with Crippen molar-refractivity contribution in [2.24, 2.45) is 4.99 Å². The van der Waals surface area contributed by atoms with Crippen molar-refractivity contribution in [3.63, 3.8) is 0 Å². The Labute approximate surface area is 173 Å². The van der Waals surface area contributed by atoms with Crippen LogP contribution < -0.4 is 4.74 Å². The number of thioether (sulfide) groups is 1. The van der Waals surface area contributed by atoms with Crippen LogP contribution in [-0.2, 0) is 11.3 Å².